The molecule has 0 amide bonds. The van der Waals surface area contributed by atoms with Gasteiger partial charge in [0.2, 0.25) is 0 Å². The number of amidine groups is 1. The highest BCUT2D eigenvalue weighted by Gasteiger charge is 2.22. The van der Waals surface area contributed by atoms with Crippen molar-refractivity contribution in [2.24, 2.45) is 11.7 Å². The number of nitrogens with one attached hydrogen (secondary N) is 1. The highest BCUT2D eigenvalue weighted by atomic mass is 15.2. The summed E-state index contributed by atoms with van der Waals surface area (Å²) < 4.78 is 0. The Labute approximate surface area is 102 Å². The first-order valence-electron chi connectivity index (χ1n) is 6.26. The van der Waals surface area contributed by atoms with Gasteiger partial charge in [-0.2, -0.15) is 0 Å². The number of anilines is 1. The molecule has 1 aliphatic rings. The highest BCUT2D eigenvalue weighted by Crippen LogP contribution is 2.24. The maximum Gasteiger partial charge on any atom is 0.128 e. The van der Waals surface area contributed by atoms with Crippen LogP contribution in [-0.2, 0) is 0 Å². The lowest BCUT2D eigenvalue weighted by Gasteiger charge is -2.17. The molecule has 1 saturated heterocycles. The predicted octanol–water partition coefficient (Wildman–Crippen LogP) is 1.99. The number of hydrogen-bond acceptors (Lipinski definition) is 3. The fraction of sp³-hybridized carbons (Fsp3) is 0.538. The number of nitrogens with two attached hydrogens (primary N) is 1. The lowest BCUT2D eigenvalue weighted by Crippen LogP contribution is -2.21. The largest absolute Gasteiger partial charge is 0.384 e. The van der Waals surface area contributed by atoms with E-state index in [1.54, 1.807) is 6.20 Å². The molecule has 1 aromatic heterocycles. The summed E-state index contributed by atoms with van der Waals surface area (Å²) in [7, 11) is 0. The fourth-order valence-electron chi connectivity index (χ4n) is 2.42. The first-order chi connectivity index (χ1) is 8.20. The third-order valence-electron chi connectivity index (χ3n) is 3.37. The fourth-order valence-corrected chi connectivity index (χ4v) is 2.42. The Morgan fingerprint density at radius 3 is 3.00 bits per heavy atom. The van der Waals surface area contributed by atoms with Gasteiger partial charge in [0.25, 0.3) is 0 Å². The highest BCUT2D eigenvalue weighted by molar-refractivity contribution is 5.94. The van der Waals surface area contributed by atoms with Crippen molar-refractivity contribution in [3.63, 3.8) is 0 Å². The van der Waals surface area contributed by atoms with E-state index in [0.717, 1.165) is 24.8 Å². The van der Waals surface area contributed by atoms with Crippen LogP contribution >= 0.6 is 0 Å². The van der Waals surface area contributed by atoms with Crippen LogP contribution in [0.15, 0.2) is 18.3 Å². The summed E-state index contributed by atoms with van der Waals surface area (Å²) in [5, 5.41) is 7.33. The first-order valence-corrected chi connectivity index (χ1v) is 6.26. The van der Waals surface area contributed by atoms with E-state index in [-0.39, 0.29) is 5.84 Å². The Morgan fingerprint density at radius 1 is 1.59 bits per heavy atom. The van der Waals surface area contributed by atoms with E-state index in [1.165, 1.54) is 19.3 Å². The number of nitrogen functional groups attached to an aromatic ring is 1. The molecule has 3 N–H and O–H groups in total. The third kappa shape index (κ3) is 2.75. The second kappa shape index (κ2) is 5.17. The second-order valence-electron chi connectivity index (χ2n) is 4.71. The number of rotatable bonds is 4. The topological polar surface area (TPSA) is 66.0 Å². The average Bonchev–Trinajstić information content (AvgIpc) is 2.78. The Morgan fingerprint density at radius 2 is 2.41 bits per heavy atom. The van der Waals surface area contributed by atoms with Gasteiger partial charge in [0.05, 0.1) is 0 Å². The van der Waals surface area contributed by atoms with Crippen molar-refractivity contribution in [3.8, 4) is 0 Å². The SMILES string of the molecule is CCCC1CCN(c2ccc(C(=N)N)cn2)C1. The molecule has 92 valence electrons. The molecule has 0 saturated carbocycles. The molecule has 0 aromatic carbocycles. The van der Waals surface area contributed by atoms with Gasteiger partial charge in [0.15, 0.2) is 0 Å². The van der Waals surface area contributed by atoms with Gasteiger partial charge < -0.3 is 10.6 Å². The smallest absolute Gasteiger partial charge is 0.128 e. The van der Waals surface area contributed by atoms with Crippen molar-refractivity contribution in [2.75, 3.05) is 18.0 Å². The van der Waals surface area contributed by atoms with Gasteiger partial charge in [-0.25, -0.2) is 4.98 Å². The van der Waals surface area contributed by atoms with Crippen LogP contribution in [0.2, 0.25) is 0 Å². The monoisotopic (exact) mass is 232 g/mol. The quantitative estimate of drug-likeness (QED) is 0.616. The summed E-state index contributed by atoms with van der Waals surface area (Å²) in [5.74, 6) is 1.90. The molecule has 1 aromatic rings. The number of nitrogens with zero attached hydrogens (tertiary/aromatic N) is 2. The van der Waals surface area contributed by atoms with Crippen molar-refractivity contribution in [1.82, 2.24) is 4.98 Å². The van der Waals surface area contributed by atoms with Crippen LogP contribution < -0.4 is 10.6 Å². The van der Waals surface area contributed by atoms with Gasteiger partial charge in [-0.15, -0.1) is 0 Å². The van der Waals surface area contributed by atoms with Crippen LogP contribution in [0.1, 0.15) is 31.7 Å². The lowest BCUT2D eigenvalue weighted by atomic mass is 10.0. The predicted molar refractivity (Wildman–Crippen MR) is 70.5 cm³/mol. The maximum absolute atomic E-state index is 7.33. The number of hydrogen-bond donors (Lipinski definition) is 2. The molecule has 1 aliphatic heterocycles. The van der Waals surface area contributed by atoms with Gasteiger partial charge in [0, 0.05) is 24.8 Å². The van der Waals surface area contributed by atoms with Crippen LogP contribution in [0.5, 0.6) is 0 Å². The molecule has 1 unspecified atom stereocenters. The molecule has 4 heteroatoms. The Kier molecular flexibility index (Phi) is 3.61. The van der Waals surface area contributed by atoms with E-state index < -0.39 is 0 Å². The van der Waals surface area contributed by atoms with E-state index in [2.05, 4.69) is 16.8 Å². The normalized spacial score (nSPS) is 19.6. The van der Waals surface area contributed by atoms with Crippen molar-refractivity contribution >= 4 is 11.7 Å². The molecule has 1 fully saturated rings. The molecule has 0 radical (unpaired) electrons. The van der Waals surface area contributed by atoms with E-state index in [9.17, 15) is 0 Å². The molecule has 1 atom stereocenters. The van der Waals surface area contributed by atoms with Gasteiger partial charge >= 0.3 is 0 Å². The lowest BCUT2D eigenvalue weighted by molar-refractivity contribution is 0.529. The van der Waals surface area contributed by atoms with Gasteiger partial charge in [-0.3, -0.25) is 5.41 Å². The van der Waals surface area contributed by atoms with Crippen molar-refractivity contribution in [2.45, 2.75) is 26.2 Å². The molecule has 2 heterocycles. The summed E-state index contributed by atoms with van der Waals surface area (Å²) in [6.07, 6.45) is 5.52. The van der Waals surface area contributed by atoms with Crippen LogP contribution in [-0.4, -0.2) is 23.9 Å². The number of pyridine rings is 1. The van der Waals surface area contributed by atoms with E-state index in [0.29, 0.717) is 5.56 Å². The minimum atomic E-state index is 0.0781. The summed E-state index contributed by atoms with van der Waals surface area (Å²) >= 11 is 0. The average molecular weight is 232 g/mol. The molecule has 0 aliphatic carbocycles. The first kappa shape index (κ1) is 11.9. The van der Waals surface area contributed by atoms with Crippen molar-refractivity contribution < 1.29 is 0 Å². The Bertz CT molecular complexity index is 385. The van der Waals surface area contributed by atoms with E-state index in [1.807, 2.05) is 12.1 Å². The summed E-state index contributed by atoms with van der Waals surface area (Å²) in [6, 6.07) is 3.84. The minimum absolute atomic E-state index is 0.0781. The summed E-state index contributed by atoms with van der Waals surface area (Å²) in [5.41, 5.74) is 6.10. The zero-order valence-electron chi connectivity index (χ0n) is 10.3. The van der Waals surface area contributed by atoms with E-state index >= 15 is 0 Å². The Balaban J connectivity index is 2.01. The van der Waals surface area contributed by atoms with Crippen LogP contribution in [0.3, 0.4) is 0 Å². The zero-order valence-corrected chi connectivity index (χ0v) is 10.3. The van der Waals surface area contributed by atoms with Crippen LogP contribution in [0.4, 0.5) is 5.82 Å². The second-order valence-corrected chi connectivity index (χ2v) is 4.71. The maximum atomic E-state index is 7.33. The van der Waals surface area contributed by atoms with Crippen LogP contribution in [0, 0.1) is 11.3 Å². The van der Waals surface area contributed by atoms with Gasteiger partial charge in [0.1, 0.15) is 11.7 Å². The van der Waals surface area contributed by atoms with Gasteiger partial charge in [-0.05, 0) is 30.9 Å². The Hall–Kier alpha value is -1.58. The molecular formula is C13H20N4. The molecule has 0 bridgehead atoms. The molecular weight excluding hydrogens is 212 g/mol. The van der Waals surface area contributed by atoms with Gasteiger partial charge in [-0.1, -0.05) is 13.3 Å². The third-order valence-corrected chi connectivity index (χ3v) is 3.37. The molecule has 2 rings (SSSR count). The van der Waals surface area contributed by atoms with Crippen molar-refractivity contribution in [1.29, 1.82) is 5.41 Å². The zero-order chi connectivity index (χ0) is 12.3. The number of aromatic nitrogens is 1. The molecule has 0 spiro atoms. The standard InChI is InChI=1S/C13H20N4/c1-2-3-10-6-7-17(9-10)12-5-4-11(8-16-12)13(14)15/h4-5,8,10H,2-3,6-7,9H2,1H3,(H3,14,15). The summed E-state index contributed by atoms with van der Waals surface area (Å²) in [6.45, 7) is 4.44. The molecule has 4 nitrogen and oxygen atoms in total. The summed E-state index contributed by atoms with van der Waals surface area (Å²) in [4.78, 5) is 6.71. The van der Waals surface area contributed by atoms with Crippen molar-refractivity contribution in [3.05, 3.63) is 23.9 Å². The van der Waals surface area contributed by atoms with Crippen LogP contribution in [0.25, 0.3) is 0 Å². The molecule has 17 heavy (non-hydrogen) atoms. The van der Waals surface area contributed by atoms with E-state index in [4.69, 9.17) is 11.1 Å². The minimum Gasteiger partial charge on any atom is -0.384 e.